The number of hydrogen-bond acceptors (Lipinski definition) is 6. The van der Waals surface area contributed by atoms with Gasteiger partial charge in [-0.05, 0) is 38.7 Å². The van der Waals surface area contributed by atoms with Gasteiger partial charge in [-0.15, -0.1) is 0 Å². The minimum Gasteiger partial charge on any atom is -0.344 e. The molecule has 0 radical (unpaired) electrons. The number of aromatic nitrogens is 2. The van der Waals surface area contributed by atoms with Gasteiger partial charge in [0.25, 0.3) is 0 Å². The van der Waals surface area contributed by atoms with E-state index >= 15 is 0 Å². The lowest BCUT2D eigenvalue weighted by Gasteiger charge is -2.36. The average Bonchev–Trinajstić information content (AvgIpc) is 3.35. The highest BCUT2D eigenvalue weighted by Gasteiger charge is 2.32. The minimum atomic E-state index is 0.0397. The Labute approximate surface area is 144 Å². The van der Waals surface area contributed by atoms with Crippen molar-refractivity contribution in [2.75, 3.05) is 16.8 Å². The van der Waals surface area contributed by atoms with E-state index in [0.717, 1.165) is 47.6 Å². The van der Waals surface area contributed by atoms with Crippen LogP contribution in [0.1, 0.15) is 32.6 Å². The molecule has 1 N–H and O–H groups in total. The first-order valence-corrected chi connectivity index (χ1v) is 9.21. The van der Waals surface area contributed by atoms with E-state index in [2.05, 4.69) is 28.2 Å². The third-order valence-electron chi connectivity index (χ3n) is 4.88. The molecule has 3 heterocycles. The zero-order chi connectivity index (χ0) is 16.7. The fraction of sp³-hybridized carbons (Fsp3) is 0.529. The summed E-state index contributed by atoms with van der Waals surface area (Å²) in [5, 5.41) is 13.2. The third kappa shape index (κ3) is 2.71. The summed E-state index contributed by atoms with van der Waals surface area (Å²) >= 11 is 1.55. The summed E-state index contributed by atoms with van der Waals surface area (Å²) in [5.41, 5.74) is 0.849. The van der Waals surface area contributed by atoms with Crippen molar-refractivity contribution in [3.63, 3.8) is 0 Å². The van der Waals surface area contributed by atoms with E-state index in [-0.39, 0.29) is 23.8 Å². The van der Waals surface area contributed by atoms with Crippen LogP contribution in [0.2, 0.25) is 0 Å². The van der Waals surface area contributed by atoms with Gasteiger partial charge in [-0.3, -0.25) is 4.79 Å². The van der Waals surface area contributed by atoms with Gasteiger partial charge in [0, 0.05) is 24.7 Å². The zero-order valence-electron chi connectivity index (χ0n) is 13.5. The second kappa shape index (κ2) is 6.02. The number of amides is 1. The van der Waals surface area contributed by atoms with Crippen LogP contribution in [0.5, 0.6) is 0 Å². The van der Waals surface area contributed by atoms with Crippen molar-refractivity contribution >= 4 is 38.4 Å². The molecule has 2 aromatic heterocycles. The van der Waals surface area contributed by atoms with E-state index in [9.17, 15) is 10.1 Å². The number of hydrogen-bond donors (Lipinski definition) is 1. The lowest BCUT2D eigenvalue weighted by atomic mass is 9.92. The largest absolute Gasteiger partial charge is 0.344 e. The first-order valence-electron chi connectivity index (χ1n) is 8.40. The number of fused-ring (bicyclic) bond motifs is 1. The van der Waals surface area contributed by atoms with Gasteiger partial charge < -0.3 is 10.2 Å². The van der Waals surface area contributed by atoms with Crippen molar-refractivity contribution in [1.29, 1.82) is 5.26 Å². The summed E-state index contributed by atoms with van der Waals surface area (Å²) in [5.74, 6) is 0.848. The summed E-state index contributed by atoms with van der Waals surface area (Å²) in [7, 11) is 0. The second-order valence-electron chi connectivity index (χ2n) is 6.58. The Kier molecular flexibility index (Phi) is 3.85. The van der Waals surface area contributed by atoms with Crippen molar-refractivity contribution in [2.45, 2.75) is 38.6 Å². The van der Waals surface area contributed by atoms with Crippen molar-refractivity contribution in [1.82, 2.24) is 9.97 Å². The molecule has 1 unspecified atom stereocenters. The fourth-order valence-corrected chi connectivity index (χ4v) is 4.33. The molecule has 24 heavy (non-hydrogen) atoms. The Hall–Kier alpha value is -2.20. The number of carbonyl (C=O) groups is 1. The van der Waals surface area contributed by atoms with E-state index in [1.54, 1.807) is 17.5 Å². The molecular weight excluding hydrogens is 322 g/mol. The maximum absolute atomic E-state index is 12.0. The van der Waals surface area contributed by atoms with E-state index in [1.165, 1.54) is 0 Å². The highest BCUT2D eigenvalue weighted by Crippen LogP contribution is 2.37. The Morgan fingerprint density at radius 3 is 3.04 bits per heavy atom. The number of carbonyl (C=O) groups excluding carboxylic acids is 1. The maximum Gasteiger partial charge on any atom is 0.228 e. The van der Waals surface area contributed by atoms with Gasteiger partial charge in [0.15, 0.2) is 10.9 Å². The Morgan fingerprint density at radius 2 is 2.29 bits per heavy atom. The normalized spacial score (nSPS) is 23.9. The summed E-state index contributed by atoms with van der Waals surface area (Å²) < 4.78 is 0.910. The molecule has 1 saturated heterocycles. The molecule has 1 aliphatic carbocycles. The lowest BCUT2D eigenvalue weighted by molar-refractivity contribution is -0.117. The number of thiazole rings is 1. The van der Waals surface area contributed by atoms with Crippen LogP contribution in [0.25, 0.3) is 10.2 Å². The van der Waals surface area contributed by atoms with E-state index < -0.39 is 0 Å². The summed E-state index contributed by atoms with van der Waals surface area (Å²) in [4.78, 5) is 23.3. The topological polar surface area (TPSA) is 81.9 Å². The molecule has 124 valence electrons. The van der Waals surface area contributed by atoms with Gasteiger partial charge in [0.2, 0.25) is 5.91 Å². The van der Waals surface area contributed by atoms with E-state index in [4.69, 9.17) is 4.98 Å². The van der Waals surface area contributed by atoms with E-state index in [0.29, 0.717) is 5.82 Å². The number of pyridine rings is 1. The average molecular weight is 341 g/mol. The monoisotopic (exact) mass is 341 g/mol. The molecular formula is C17H19N5OS. The van der Waals surface area contributed by atoms with Gasteiger partial charge in [-0.1, -0.05) is 11.3 Å². The molecule has 0 spiro atoms. The van der Waals surface area contributed by atoms with Crippen LogP contribution >= 0.6 is 11.3 Å². The number of piperidine rings is 1. The predicted molar refractivity (Wildman–Crippen MR) is 93.9 cm³/mol. The first kappa shape index (κ1) is 15.3. The predicted octanol–water partition coefficient (Wildman–Crippen LogP) is 3.17. The number of nitriles is 1. The Morgan fingerprint density at radius 1 is 1.46 bits per heavy atom. The SMILES string of the molecule is C[C@@H]1C(C#N)CCCN1c1nc2ccnc(NC(=O)C3CC3)c2s1. The first-order chi connectivity index (χ1) is 11.7. The van der Waals surface area contributed by atoms with Crippen molar-refractivity contribution in [3.8, 4) is 6.07 Å². The van der Waals surface area contributed by atoms with Gasteiger partial charge in [0.05, 0.1) is 22.2 Å². The smallest absolute Gasteiger partial charge is 0.228 e. The number of nitrogens with zero attached hydrogens (tertiary/aromatic N) is 4. The van der Waals surface area contributed by atoms with Crippen molar-refractivity contribution in [3.05, 3.63) is 12.3 Å². The third-order valence-corrected chi connectivity index (χ3v) is 6.00. The highest BCUT2D eigenvalue weighted by atomic mass is 32.1. The lowest BCUT2D eigenvalue weighted by Crippen LogP contribution is -2.42. The molecule has 7 heteroatoms. The molecule has 1 amide bonds. The maximum atomic E-state index is 12.0. The molecule has 0 bridgehead atoms. The summed E-state index contributed by atoms with van der Waals surface area (Å²) in [6.45, 7) is 3.00. The van der Waals surface area contributed by atoms with Gasteiger partial charge in [0.1, 0.15) is 0 Å². The van der Waals surface area contributed by atoms with Crippen molar-refractivity contribution in [2.24, 2.45) is 11.8 Å². The standard InChI is InChI=1S/C17H19N5OS/c1-10-12(9-18)3-2-8-22(10)17-20-13-6-7-19-15(14(13)24-17)21-16(23)11-4-5-11/h6-7,10-12H,2-5,8H2,1H3,(H,19,21,23)/t10-,12?/m1/s1. The van der Waals surface area contributed by atoms with Crippen molar-refractivity contribution < 1.29 is 4.79 Å². The molecule has 1 saturated carbocycles. The highest BCUT2D eigenvalue weighted by molar-refractivity contribution is 7.22. The van der Waals surface area contributed by atoms with Gasteiger partial charge >= 0.3 is 0 Å². The summed E-state index contributed by atoms with van der Waals surface area (Å²) in [6, 6.07) is 4.44. The molecule has 2 fully saturated rings. The van der Waals surface area contributed by atoms with Crippen LogP contribution in [0.3, 0.4) is 0 Å². The quantitative estimate of drug-likeness (QED) is 0.927. The number of rotatable bonds is 3. The molecule has 2 aromatic rings. The molecule has 6 nitrogen and oxygen atoms in total. The van der Waals surface area contributed by atoms with Gasteiger partial charge in [-0.2, -0.15) is 5.26 Å². The Bertz CT molecular complexity index is 822. The molecule has 2 aliphatic rings. The molecule has 1 aliphatic heterocycles. The van der Waals surface area contributed by atoms with Crippen LogP contribution in [-0.4, -0.2) is 28.5 Å². The second-order valence-corrected chi connectivity index (χ2v) is 7.56. The van der Waals surface area contributed by atoms with Crippen LogP contribution in [0.4, 0.5) is 10.9 Å². The minimum absolute atomic E-state index is 0.0397. The molecule has 4 rings (SSSR count). The number of nitrogens with one attached hydrogen (secondary N) is 1. The summed E-state index contributed by atoms with van der Waals surface area (Å²) in [6.07, 6.45) is 5.57. The van der Waals surface area contributed by atoms with Gasteiger partial charge in [-0.25, -0.2) is 9.97 Å². The zero-order valence-corrected chi connectivity index (χ0v) is 14.3. The van der Waals surface area contributed by atoms with E-state index in [1.807, 2.05) is 6.07 Å². The van der Waals surface area contributed by atoms with Crippen LogP contribution in [-0.2, 0) is 4.79 Å². The molecule has 0 aromatic carbocycles. The van der Waals surface area contributed by atoms with Crippen LogP contribution in [0.15, 0.2) is 12.3 Å². The Balaban J connectivity index is 1.65. The number of anilines is 2. The van der Waals surface area contributed by atoms with Crippen LogP contribution < -0.4 is 10.2 Å². The van der Waals surface area contributed by atoms with Crippen LogP contribution in [0, 0.1) is 23.2 Å². The molecule has 2 atom stereocenters. The fourth-order valence-electron chi connectivity index (χ4n) is 3.21.